The third-order valence-corrected chi connectivity index (χ3v) is 23.0. The molecular formula is C29H49N5OSn. The summed E-state index contributed by atoms with van der Waals surface area (Å²) in [4.78, 5) is 15.2. The monoisotopic (exact) mass is 603 g/mol. The Morgan fingerprint density at radius 1 is 0.972 bits per heavy atom. The molecule has 0 bridgehead atoms. The Bertz CT molecular complexity index is 857. The van der Waals surface area contributed by atoms with E-state index in [0.717, 1.165) is 26.1 Å². The molecule has 1 saturated heterocycles. The van der Waals surface area contributed by atoms with Crippen molar-refractivity contribution >= 4 is 33.7 Å². The van der Waals surface area contributed by atoms with Gasteiger partial charge < -0.3 is 0 Å². The molecule has 1 aliphatic rings. The maximum atomic E-state index is 12.7. The van der Waals surface area contributed by atoms with Crippen LogP contribution in [0, 0.1) is 5.92 Å². The number of para-hydroxylation sites is 1. The molecule has 0 atom stereocenters. The predicted octanol–water partition coefficient (Wildman–Crippen LogP) is 5.76. The molecule has 1 aliphatic heterocycles. The van der Waals surface area contributed by atoms with Crippen molar-refractivity contribution in [3.63, 3.8) is 0 Å². The molecule has 0 aliphatic carbocycles. The van der Waals surface area contributed by atoms with E-state index in [4.69, 9.17) is 5.10 Å². The van der Waals surface area contributed by atoms with Crippen molar-refractivity contribution in [1.82, 2.24) is 20.3 Å². The predicted molar refractivity (Wildman–Crippen MR) is 154 cm³/mol. The van der Waals surface area contributed by atoms with Gasteiger partial charge in [0.2, 0.25) is 0 Å². The molecule has 0 saturated carbocycles. The van der Waals surface area contributed by atoms with Gasteiger partial charge in [0.1, 0.15) is 0 Å². The van der Waals surface area contributed by atoms with Crippen molar-refractivity contribution in [2.24, 2.45) is 5.92 Å². The molecular weight excluding hydrogens is 553 g/mol. The number of hydrogen-bond donors (Lipinski definition) is 1. The van der Waals surface area contributed by atoms with Crippen LogP contribution in [-0.2, 0) is 11.3 Å². The number of amides is 1. The molecule has 1 N–H and O–H groups in total. The normalized spacial score (nSPS) is 14.8. The minimum absolute atomic E-state index is 0.0599. The summed E-state index contributed by atoms with van der Waals surface area (Å²) in [5.74, 6) is 0.748. The fourth-order valence-electron chi connectivity index (χ4n) is 5.66. The minimum atomic E-state index is -2.58. The molecule has 0 radical (unpaired) electrons. The molecule has 1 aromatic heterocycles. The summed E-state index contributed by atoms with van der Waals surface area (Å²) in [6.07, 6.45) is 13.3. The van der Waals surface area contributed by atoms with E-state index in [9.17, 15) is 4.79 Å². The number of piperidine rings is 1. The average molecular weight is 602 g/mol. The van der Waals surface area contributed by atoms with E-state index in [1.54, 1.807) is 4.68 Å². The molecule has 1 fully saturated rings. The summed E-state index contributed by atoms with van der Waals surface area (Å²) in [7, 11) is 0. The fraction of sp³-hybridized carbons (Fsp3) is 0.690. The van der Waals surface area contributed by atoms with Crippen molar-refractivity contribution in [3.05, 3.63) is 36.5 Å². The van der Waals surface area contributed by atoms with Gasteiger partial charge in [-0.1, -0.05) is 18.2 Å². The van der Waals surface area contributed by atoms with Gasteiger partial charge in [-0.3, -0.25) is 0 Å². The molecule has 0 unspecified atom stereocenters. The van der Waals surface area contributed by atoms with Crippen LogP contribution in [0.2, 0.25) is 13.3 Å². The fourth-order valence-corrected chi connectivity index (χ4v) is 20.8. The SMILES string of the molecule is CCC[CH2][Sn]([CH2]CCC)([CH2]CCC)[c]1cn(CC(=O)NCCC2CCN(c3ccccc3)CC2)nn1. The van der Waals surface area contributed by atoms with Crippen molar-refractivity contribution in [1.29, 1.82) is 0 Å². The topological polar surface area (TPSA) is 63.1 Å². The summed E-state index contributed by atoms with van der Waals surface area (Å²) in [5.41, 5.74) is 1.32. The maximum absolute atomic E-state index is 12.7. The Morgan fingerprint density at radius 2 is 1.58 bits per heavy atom. The molecule has 0 spiro atoms. The summed E-state index contributed by atoms with van der Waals surface area (Å²) < 4.78 is 7.23. The Balaban J connectivity index is 1.46. The van der Waals surface area contributed by atoms with Crippen molar-refractivity contribution in [2.75, 3.05) is 24.5 Å². The summed E-state index contributed by atoms with van der Waals surface area (Å²) in [6.45, 7) is 10.1. The van der Waals surface area contributed by atoms with Gasteiger partial charge in [0.25, 0.3) is 0 Å². The van der Waals surface area contributed by atoms with Gasteiger partial charge in [-0.2, -0.15) is 0 Å². The molecule has 6 nitrogen and oxygen atoms in total. The summed E-state index contributed by atoms with van der Waals surface area (Å²) in [6, 6.07) is 10.7. The average Bonchev–Trinajstić information content (AvgIpc) is 3.38. The number of anilines is 1. The molecule has 2 aromatic rings. The first-order chi connectivity index (χ1) is 17.6. The van der Waals surface area contributed by atoms with Crippen LogP contribution < -0.4 is 13.9 Å². The number of benzene rings is 1. The Labute approximate surface area is 223 Å². The van der Waals surface area contributed by atoms with E-state index in [2.05, 4.69) is 72.7 Å². The van der Waals surface area contributed by atoms with Crippen molar-refractivity contribution < 1.29 is 4.79 Å². The molecule has 2 heterocycles. The van der Waals surface area contributed by atoms with Gasteiger partial charge in [-0.15, -0.1) is 0 Å². The first-order valence-electron chi connectivity index (χ1n) is 14.6. The van der Waals surface area contributed by atoms with Crippen LogP contribution in [0.1, 0.15) is 78.6 Å². The van der Waals surface area contributed by atoms with E-state index in [0.29, 0.717) is 5.92 Å². The van der Waals surface area contributed by atoms with Crippen LogP contribution >= 0.6 is 0 Å². The summed E-state index contributed by atoms with van der Waals surface area (Å²) in [5, 5.41) is 12.3. The van der Waals surface area contributed by atoms with E-state index >= 15 is 0 Å². The van der Waals surface area contributed by atoms with Gasteiger partial charge in [-0.05, 0) is 12.1 Å². The Hall–Kier alpha value is -1.57. The molecule has 1 amide bonds. The standard InChI is InChI=1S/C17H22N5O.3C4H9.Sn/c23-17(14-22-13-10-19-20-22)18-9-6-15-7-11-21(12-8-15)16-4-2-1-3-5-16;3*1-3-4-2;/h1-5,13,15H,6-9,11-12,14H2,(H,18,23);3*1,3-4H2,2H3;. The zero-order valence-electron chi connectivity index (χ0n) is 23.1. The second-order valence-electron chi connectivity index (χ2n) is 10.8. The van der Waals surface area contributed by atoms with Crippen LogP contribution in [0.5, 0.6) is 0 Å². The van der Waals surface area contributed by atoms with Crippen molar-refractivity contribution in [2.45, 2.75) is 98.4 Å². The zero-order valence-corrected chi connectivity index (χ0v) is 25.9. The first-order valence-corrected chi connectivity index (χ1v) is 22.1. The van der Waals surface area contributed by atoms with Gasteiger partial charge in [0.05, 0.1) is 0 Å². The van der Waals surface area contributed by atoms with Crippen LogP contribution in [0.15, 0.2) is 36.5 Å². The number of hydrogen-bond acceptors (Lipinski definition) is 4. The van der Waals surface area contributed by atoms with E-state index in [1.165, 1.54) is 74.1 Å². The van der Waals surface area contributed by atoms with E-state index < -0.39 is 18.4 Å². The molecule has 1 aromatic carbocycles. The second kappa shape index (κ2) is 15.6. The third-order valence-electron chi connectivity index (χ3n) is 8.02. The quantitative estimate of drug-likeness (QED) is 0.249. The van der Waals surface area contributed by atoms with Gasteiger partial charge in [0.15, 0.2) is 0 Å². The van der Waals surface area contributed by atoms with Crippen LogP contribution in [-0.4, -0.2) is 58.9 Å². The van der Waals surface area contributed by atoms with Gasteiger partial charge in [0, 0.05) is 5.69 Å². The van der Waals surface area contributed by atoms with Crippen LogP contribution in [0.25, 0.3) is 0 Å². The molecule has 36 heavy (non-hydrogen) atoms. The molecule has 3 rings (SSSR count). The molecule has 200 valence electrons. The van der Waals surface area contributed by atoms with Crippen molar-refractivity contribution in [3.8, 4) is 0 Å². The Kier molecular flexibility index (Phi) is 12.6. The van der Waals surface area contributed by atoms with Crippen LogP contribution in [0.3, 0.4) is 0 Å². The molecule has 7 heteroatoms. The number of aromatic nitrogens is 3. The van der Waals surface area contributed by atoms with E-state index in [1.807, 2.05) is 0 Å². The Morgan fingerprint density at radius 3 is 2.17 bits per heavy atom. The number of nitrogens with zero attached hydrogens (tertiary/aromatic N) is 4. The second-order valence-corrected chi connectivity index (χ2v) is 23.8. The van der Waals surface area contributed by atoms with Gasteiger partial charge in [-0.25, -0.2) is 0 Å². The number of nitrogens with one attached hydrogen (secondary N) is 1. The first kappa shape index (κ1) is 29.0. The van der Waals surface area contributed by atoms with Gasteiger partial charge >= 0.3 is 188 Å². The summed E-state index contributed by atoms with van der Waals surface area (Å²) >= 11 is -2.58. The number of carbonyl (C=O) groups is 1. The third kappa shape index (κ3) is 8.77. The van der Waals surface area contributed by atoms with Crippen LogP contribution in [0.4, 0.5) is 5.69 Å². The van der Waals surface area contributed by atoms with E-state index in [-0.39, 0.29) is 12.5 Å². The number of unbranched alkanes of at least 4 members (excludes halogenated alkanes) is 3. The zero-order chi connectivity index (χ0) is 25.6. The number of carbonyl (C=O) groups excluding carboxylic acids is 1. The number of rotatable bonds is 16.